The molecule has 0 aliphatic carbocycles. The van der Waals surface area contributed by atoms with E-state index in [9.17, 15) is 4.79 Å². The van der Waals surface area contributed by atoms with Crippen molar-refractivity contribution in [2.24, 2.45) is 7.05 Å². The van der Waals surface area contributed by atoms with Gasteiger partial charge in [0.15, 0.2) is 0 Å². The van der Waals surface area contributed by atoms with Gasteiger partial charge in [-0.2, -0.15) is 5.10 Å². The van der Waals surface area contributed by atoms with Crippen LogP contribution in [0.25, 0.3) is 0 Å². The number of hydrogen-bond donors (Lipinski definition) is 1. The van der Waals surface area contributed by atoms with Crippen LogP contribution in [0, 0.1) is 13.8 Å². The van der Waals surface area contributed by atoms with Gasteiger partial charge in [0.1, 0.15) is 0 Å². The fourth-order valence-electron chi connectivity index (χ4n) is 2.99. The van der Waals surface area contributed by atoms with Crippen molar-refractivity contribution in [3.8, 4) is 0 Å². The van der Waals surface area contributed by atoms with Gasteiger partial charge in [0, 0.05) is 39.3 Å². The van der Waals surface area contributed by atoms with Gasteiger partial charge in [-0.05, 0) is 34.6 Å². The molecule has 1 aliphatic rings. The van der Waals surface area contributed by atoms with E-state index in [1.165, 1.54) is 0 Å². The first kappa shape index (κ1) is 17.0. The Labute approximate surface area is 133 Å². The summed E-state index contributed by atoms with van der Waals surface area (Å²) in [5, 5.41) is 7.40. The number of amides is 1. The second-order valence-electron chi connectivity index (χ2n) is 6.50. The Bertz CT molecular complexity index is 529. The summed E-state index contributed by atoms with van der Waals surface area (Å²) in [5.41, 5.74) is 2.70. The quantitative estimate of drug-likeness (QED) is 0.913. The Morgan fingerprint density at radius 3 is 2.09 bits per heavy atom. The van der Waals surface area contributed by atoms with E-state index in [4.69, 9.17) is 0 Å². The maximum absolute atomic E-state index is 12.5. The zero-order valence-corrected chi connectivity index (χ0v) is 14.7. The molecule has 1 atom stereocenters. The molecule has 2 heterocycles. The number of carbonyl (C=O) groups is 1. The van der Waals surface area contributed by atoms with E-state index < -0.39 is 0 Å². The predicted octanol–water partition coefficient (Wildman–Crippen LogP) is 1.39. The summed E-state index contributed by atoms with van der Waals surface area (Å²) < 4.78 is 1.80. The van der Waals surface area contributed by atoms with E-state index in [2.05, 4.69) is 34.1 Å². The molecule has 0 bridgehead atoms. The van der Waals surface area contributed by atoms with Crippen molar-refractivity contribution in [1.82, 2.24) is 19.6 Å². The van der Waals surface area contributed by atoms with Gasteiger partial charge in [0.2, 0.25) is 5.91 Å². The zero-order valence-electron chi connectivity index (χ0n) is 14.7. The first-order chi connectivity index (χ1) is 10.3. The second kappa shape index (κ2) is 6.79. The highest BCUT2D eigenvalue weighted by molar-refractivity contribution is 5.95. The van der Waals surface area contributed by atoms with E-state index >= 15 is 0 Å². The topological polar surface area (TPSA) is 53.4 Å². The predicted molar refractivity (Wildman–Crippen MR) is 89.1 cm³/mol. The minimum Gasteiger partial charge on any atom is -0.322 e. The van der Waals surface area contributed by atoms with Gasteiger partial charge < -0.3 is 5.32 Å². The lowest BCUT2D eigenvalue weighted by atomic mass is 10.2. The molecule has 0 spiro atoms. The lowest BCUT2D eigenvalue weighted by Crippen LogP contribution is -2.54. The molecule has 2 rings (SSSR count). The van der Waals surface area contributed by atoms with Crippen LogP contribution in [0.3, 0.4) is 0 Å². The number of aromatic nitrogens is 2. The average Bonchev–Trinajstić information content (AvgIpc) is 2.73. The van der Waals surface area contributed by atoms with Gasteiger partial charge in [-0.3, -0.25) is 19.3 Å². The second-order valence-corrected chi connectivity index (χ2v) is 6.50. The van der Waals surface area contributed by atoms with Crippen LogP contribution in [0.4, 0.5) is 5.69 Å². The van der Waals surface area contributed by atoms with Crippen molar-refractivity contribution >= 4 is 11.6 Å². The number of anilines is 1. The highest BCUT2D eigenvalue weighted by Gasteiger charge is 2.27. The minimum absolute atomic E-state index is 0.0530. The SMILES string of the molecule is Cc1nn(C)c(C)c1NC(=O)C(C)N1CCN(C(C)C)CC1. The molecule has 1 aliphatic heterocycles. The summed E-state index contributed by atoms with van der Waals surface area (Å²) in [5.74, 6) is 0.0530. The molecule has 6 heteroatoms. The van der Waals surface area contributed by atoms with Crippen molar-refractivity contribution in [2.75, 3.05) is 31.5 Å². The Hall–Kier alpha value is -1.40. The van der Waals surface area contributed by atoms with Crippen molar-refractivity contribution in [2.45, 2.75) is 46.7 Å². The molecule has 0 aromatic carbocycles. The highest BCUT2D eigenvalue weighted by atomic mass is 16.2. The molecule has 1 fully saturated rings. The molecule has 1 saturated heterocycles. The van der Waals surface area contributed by atoms with Crippen molar-refractivity contribution in [3.05, 3.63) is 11.4 Å². The fraction of sp³-hybridized carbons (Fsp3) is 0.750. The van der Waals surface area contributed by atoms with Crippen molar-refractivity contribution < 1.29 is 4.79 Å². The lowest BCUT2D eigenvalue weighted by Gasteiger charge is -2.39. The van der Waals surface area contributed by atoms with E-state index in [1.807, 2.05) is 27.8 Å². The van der Waals surface area contributed by atoms with E-state index in [0.717, 1.165) is 43.3 Å². The van der Waals surface area contributed by atoms with Gasteiger partial charge in [0.05, 0.1) is 23.1 Å². The number of piperazine rings is 1. The molecule has 0 radical (unpaired) electrons. The van der Waals surface area contributed by atoms with Crippen LogP contribution in [-0.4, -0.2) is 63.8 Å². The molecular formula is C16H29N5O. The molecule has 22 heavy (non-hydrogen) atoms. The summed E-state index contributed by atoms with van der Waals surface area (Å²) in [7, 11) is 1.90. The van der Waals surface area contributed by atoms with Gasteiger partial charge in [0.25, 0.3) is 0 Å². The third-order valence-electron chi connectivity index (χ3n) is 4.76. The number of aryl methyl sites for hydroxylation is 2. The van der Waals surface area contributed by atoms with Crippen LogP contribution in [0.1, 0.15) is 32.2 Å². The number of hydrogen-bond acceptors (Lipinski definition) is 4. The van der Waals surface area contributed by atoms with Crippen LogP contribution in [-0.2, 0) is 11.8 Å². The van der Waals surface area contributed by atoms with Crippen molar-refractivity contribution in [1.29, 1.82) is 0 Å². The normalized spacial score (nSPS) is 18.7. The Balaban J connectivity index is 1.95. The highest BCUT2D eigenvalue weighted by Crippen LogP contribution is 2.19. The van der Waals surface area contributed by atoms with E-state index in [0.29, 0.717) is 6.04 Å². The third kappa shape index (κ3) is 3.50. The maximum Gasteiger partial charge on any atom is 0.241 e. The molecule has 1 N–H and O–H groups in total. The molecule has 1 aromatic rings. The maximum atomic E-state index is 12.5. The summed E-state index contributed by atoms with van der Waals surface area (Å²) in [4.78, 5) is 17.3. The molecule has 1 unspecified atom stereocenters. The minimum atomic E-state index is -0.117. The lowest BCUT2D eigenvalue weighted by molar-refractivity contribution is -0.121. The van der Waals surface area contributed by atoms with Gasteiger partial charge in [-0.25, -0.2) is 0 Å². The first-order valence-electron chi connectivity index (χ1n) is 8.10. The molecule has 1 amide bonds. The van der Waals surface area contributed by atoms with E-state index in [1.54, 1.807) is 4.68 Å². The number of rotatable bonds is 4. The van der Waals surface area contributed by atoms with Crippen molar-refractivity contribution in [3.63, 3.8) is 0 Å². The van der Waals surface area contributed by atoms with Crippen LogP contribution in [0.15, 0.2) is 0 Å². The molecule has 1 aromatic heterocycles. The number of nitrogens with zero attached hydrogens (tertiary/aromatic N) is 4. The average molecular weight is 307 g/mol. The van der Waals surface area contributed by atoms with Crippen LogP contribution in [0.5, 0.6) is 0 Å². The van der Waals surface area contributed by atoms with Gasteiger partial charge in [-0.1, -0.05) is 0 Å². The smallest absolute Gasteiger partial charge is 0.241 e. The Kier molecular flexibility index (Phi) is 5.24. The fourth-order valence-corrected chi connectivity index (χ4v) is 2.99. The Morgan fingerprint density at radius 1 is 1.09 bits per heavy atom. The largest absolute Gasteiger partial charge is 0.322 e. The van der Waals surface area contributed by atoms with Crippen LogP contribution < -0.4 is 5.32 Å². The first-order valence-corrected chi connectivity index (χ1v) is 8.10. The number of nitrogens with one attached hydrogen (secondary N) is 1. The van der Waals surface area contributed by atoms with Gasteiger partial charge >= 0.3 is 0 Å². The summed E-state index contributed by atoms with van der Waals surface area (Å²) in [6.45, 7) is 14.3. The van der Waals surface area contributed by atoms with Gasteiger partial charge in [-0.15, -0.1) is 0 Å². The zero-order chi connectivity index (χ0) is 16.4. The third-order valence-corrected chi connectivity index (χ3v) is 4.76. The Morgan fingerprint density at radius 2 is 1.64 bits per heavy atom. The molecule has 0 saturated carbocycles. The van der Waals surface area contributed by atoms with Crippen LogP contribution >= 0.6 is 0 Å². The standard InChI is InChI=1S/C16H29N5O/c1-11(2)20-7-9-21(10-8-20)14(5)16(22)17-15-12(3)18-19(6)13(15)4/h11,14H,7-10H2,1-6H3,(H,17,22). The summed E-state index contributed by atoms with van der Waals surface area (Å²) in [6, 6.07) is 0.459. The van der Waals surface area contributed by atoms with Crippen LogP contribution in [0.2, 0.25) is 0 Å². The molecule has 124 valence electrons. The summed E-state index contributed by atoms with van der Waals surface area (Å²) >= 11 is 0. The monoisotopic (exact) mass is 307 g/mol. The molecule has 6 nitrogen and oxygen atoms in total. The summed E-state index contributed by atoms with van der Waals surface area (Å²) in [6.07, 6.45) is 0. The van der Waals surface area contributed by atoms with E-state index in [-0.39, 0.29) is 11.9 Å². The molecular weight excluding hydrogens is 278 g/mol. The number of carbonyl (C=O) groups excluding carboxylic acids is 1.